The van der Waals surface area contributed by atoms with Gasteiger partial charge in [-0.2, -0.15) is 0 Å². The van der Waals surface area contributed by atoms with Crippen molar-refractivity contribution in [1.82, 2.24) is 5.06 Å². The molecule has 142 valence electrons. The summed E-state index contributed by atoms with van der Waals surface area (Å²) in [5.74, 6) is 0.0327. The van der Waals surface area contributed by atoms with Crippen LogP contribution < -0.4 is 0 Å². The highest BCUT2D eigenvalue weighted by atomic mass is 35.6. The highest BCUT2D eigenvalue weighted by Crippen LogP contribution is 2.40. The van der Waals surface area contributed by atoms with E-state index in [2.05, 4.69) is 9.98 Å². The minimum Gasteiger partial charge on any atom is -0.394 e. The van der Waals surface area contributed by atoms with E-state index in [0.717, 1.165) is 10.6 Å². The first-order chi connectivity index (χ1) is 12.1. The SMILES string of the molecule is OCCON1C(C(Cl)(Cl)Cl)=NC(C=Cc2ccccc2)=NC1C(Cl)(Cl)Cl. The minimum absolute atomic E-state index is 0.137. The predicted octanol–water partition coefficient (Wildman–Crippen LogP) is 4.80. The normalized spacial score (nSPS) is 18.9. The number of benzene rings is 1. The largest absolute Gasteiger partial charge is 0.394 e. The van der Waals surface area contributed by atoms with E-state index in [0.29, 0.717) is 0 Å². The van der Waals surface area contributed by atoms with Crippen molar-refractivity contribution in [3.8, 4) is 0 Å². The molecule has 0 aliphatic carbocycles. The Balaban J connectivity index is 2.42. The molecule has 0 aromatic heterocycles. The van der Waals surface area contributed by atoms with Gasteiger partial charge in [0.2, 0.25) is 7.59 Å². The van der Waals surface area contributed by atoms with Gasteiger partial charge in [-0.15, -0.1) is 0 Å². The summed E-state index contributed by atoms with van der Waals surface area (Å²) in [4.78, 5) is 13.8. The van der Waals surface area contributed by atoms with Crippen molar-refractivity contribution in [3.05, 3.63) is 42.0 Å². The van der Waals surface area contributed by atoms with Crippen molar-refractivity contribution in [3.63, 3.8) is 0 Å². The number of rotatable bonds is 5. The predicted molar refractivity (Wildman–Crippen MR) is 110 cm³/mol. The molecule has 0 radical (unpaired) electrons. The summed E-state index contributed by atoms with van der Waals surface area (Å²) in [6, 6.07) is 9.44. The number of aliphatic hydroxyl groups is 1. The molecule has 5 nitrogen and oxygen atoms in total. The molecule has 1 unspecified atom stereocenters. The molecule has 1 aromatic carbocycles. The molecule has 1 N–H and O–H groups in total. The Hall–Kier alpha value is -0.240. The first-order valence-electron chi connectivity index (χ1n) is 7.19. The van der Waals surface area contributed by atoms with Gasteiger partial charge >= 0.3 is 0 Å². The third-order valence-electron chi connectivity index (χ3n) is 3.00. The Bertz CT molecular complexity index is 698. The maximum absolute atomic E-state index is 9.00. The summed E-state index contributed by atoms with van der Waals surface area (Å²) < 4.78 is -3.90. The summed E-state index contributed by atoms with van der Waals surface area (Å²) >= 11 is 36.0. The summed E-state index contributed by atoms with van der Waals surface area (Å²) in [6.07, 6.45) is 2.17. The van der Waals surface area contributed by atoms with Crippen molar-refractivity contribution < 1.29 is 9.94 Å². The van der Waals surface area contributed by atoms with Crippen LogP contribution in [0.2, 0.25) is 0 Å². The van der Waals surface area contributed by atoms with Crippen LogP contribution in [0.3, 0.4) is 0 Å². The summed E-state index contributed by atoms with van der Waals surface area (Å²) in [7, 11) is 0. The molecule has 1 heterocycles. The van der Waals surface area contributed by atoms with Gasteiger partial charge in [0.25, 0.3) is 0 Å². The minimum atomic E-state index is -1.98. The molecular weight excluding hydrogens is 467 g/mol. The molecule has 0 amide bonds. The summed E-state index contributed by atoms with van der Waals surface area (Å²) in [6.45, 7) is -0.442. The number of amidine groups is 2. The number of hydrogen-bond acceptors (Lipinski definition) is 5. The molecule has 0 saturated heterocycles. The first kappa shape index (κ1) is 22.1. The van der Waals surface area contributed by atoms with Crippen LogP contribution in [0.5, 0.6) is 0 Å². The molecule has 11 heteroatoms. The molecule has 2 rings (SSSR count). The fraction of sp³-hybridized carbons (Fsp3) is 0.333. The van der Waals surface area contributed by atoms with Crippen molar-refractivity contribution in [2.75, 3.05) is 13.2 Å². The molecule has 1 atom stereocenters. The third kappa shape index (κ3) is 6.14. The Morgan fingerprint density at radius 1 is 1.08 bits per heavy atom. The molecule has 1 aliphatic rings. The van der Waals surface area contributed by atoms with E-state index in [1.807, 2.05) is 30.3 Å². The highest BCUT2D eigenvalue weighted by Gasteiger charge is 2.47. The van der Waals surface area contributed by atoms with Gasteiger partial charge in [0.05, 0.1) is 13.2 Å². The molecule has 0 spiro atoms. The number of halogens is 6. The van der Waals surface area contributed by atoms with Crippen molar-refractivity contribution in [2.24, 2.45) is 9.98 Å². The van der Waals surface area contributed by atoms with Crippen LogP contribution in [-0.4, -0.2) is 48.8 Å². The molecule has 0 saturated carbocycles. The zero-order chi connectivity index (χ0) is 19.4. The van der Waals surface area contributed by atoms with Gasteiger partial charge in [-0.05, 0) is 11.6 Å². The van der Waals surface area contributed by atoms with Gasteiger partial charge in [0, 0.05) is 0 Å². The van der Waals surface area contributed by atoms with E-state index < -0.39 is 13.8 Å². The molecule has 0 fully saturated rings. The standard InChI is InChI=1S/C15H13Cl6N3O2/c16-14(17,18)12-22-11(7-6-10-4-2-1-3-5-10)23-13(15(19,20)21)24(12)26-9-8-25/h1-7,12,25H,8-9H2. The van der Waals surface area contributed by atoms with E-state index in [1.54, 1.807) is 12.2 Å². The van der Waals surface area contributed by atoms with Gasteiger partial charge in [-0.25, -0.2) is 15.0 Å². The number of aliphatic hydroxyl groups excluding tert-OH is 1. The average Bonchev–Trinajstić information content (AvgIpc) is 2.57. The zero-order valence-corrected chi connectivity index (χ0v) is 17.5. The summed E-state index contributed by atoms with van der Waals surface area (Å²) in [5.41, 5.74) is 0.908. The van der Waals surface area contributed by atoms with E-state index in [1.165, 1.54) is 0 Å². The number of aliphatic imine (C=N–C) groups is 2. The van der Waals surface area contributed by atoms with Crippen LogP contribution in [-0.2, 0) is 4.84 Å². The Morgan fingerprint density at radius 2 is 1.73 bits per heavy atom. The Labute approximate surface area is 180 Å². The molecule has 1 aromatic rings. The second-order valence-corrected chi connectivity index (χ2v) is 9.61. The molecule has 0 bridgehead atoms. The lowest BCUT2D eigenvalue weighted by atomic mass is 10.2. The molecular formula is C15H13Cl6N3O2. The number of alkyl halides is 6. The van der Waals surface area contributed by atoms with Crippen LogP contribution in [0.25, 0.3) is 6.08 Å². The first-order valence-corrected chi connectivity index (χ1v) is 9.46. The van der Waals surface area contributed by atoms with Crippen LogP contribution >= 0.6 is 69.6 Å². The van der Waals surface area contributed by atoms with Gasteiger partial charge in [0.15, 0.2) is 17.8 Å². The molecule has 1 aliphatic heterocycles. The number of hydroxylamine groups is 2. The Morgan fingerprint density at radius 3 is 2.27 bits per heavy atom. The average molecular weight is 480 g/mol. The monoisotopic (exact) mass is 477 g/mol. The highest BCUT2D eigenvalue weighted by molar-refractivity contribution is 6.77. The van der Waals surface area contributed by atoms with Crippen molar-refractivity contribution >= 4 is 87.4 Å². The van der Waals surface area contributed by atoms with Gasteiger partial charge in [-0.3, -0.25) is 4.84 Å². The third-order valence-corrected chi connectivity index (χ3v) is 4.09. The fourth-order valence-electron chi connectivity index (χ4n) is 1.96. The van der Waals surface area contributed by atoms with E-state index in [4.69, 9.17) is 79.5 Å². The van der Waals surface area contributed by atoms with Crippen LogP contribution in [0.15, 0.2) is 46.4 Å². The van der Waals surface area contributed by atoms with Crippen LogP contribution in [0.1, 0.15) is 5.56 Å². The van der Waals surface area contributed by atoms with Gasteiger partial charge in [-0.1, -0.05) is 106 Å². The van der Waals surface area contributed by atoms with Crippen molar-refractivity contribution in [2.45, 2.75) is 13.8 Å². The smallest absolute Gasteiger partial charge is 0.250 e. The lowest BCUT2D eigenvalue weighted by molar-refractivity contribution is -0.135. The van der Waals surface area contributed by atoms with E-state index >= 15 is 0 Å². The lowest BCUT2D eigenvalue weighted by Gasteiger charge is -2.38. The Kier molecular flexibility index (Phi) is 7.89. The van der Waals surface area contributed by atoms with Crippen LogP contribution in [0.4, 0.5) is 0 Å². The maximum Gasteiger partial charge on any atom is 0.250 e. The lowest BCUT2D eigenvalue weighted by Crippen LogP contribution is -2.53. The van der Waals surface area contributed by atoms with Gasteiger partial charge < -0.3 is 5.11 Å². The van der Waals surface area contributed by atoms with E-state index in [9.17, 15) is 0 Å². The number of nitrogens with zero attached hydrogens (tertiary/aromatic N) is 3. The quantitative estimate of drug-likeness (QED) is 0.617. The maximum atomic E-state index is 9.00. The zero-order valence-electron chi connectivity index (χ0n) is 13.0. The van der Waals surface area contributed by atoms with Gasteiger partial charge in [0.1, 0.15) is 0 Å². The fourth-order valence-corrected chi connectivity index (χ4v) is 2.75. The number of hydrogen-bond donors (Lipinski definition) is 1. The van der Waals surface area contributed by atoms with Crippen LogP contribution in [0, 0.1) is 0 Å². The second kappa shape index (κ2) is 9.30. The second-order valence-electron chi connectivity index (χ2n) is 4.96. The van der Waals surface area contributed by atoms with E-state index in [-0.39, 0.29) is 24.9 Å². The van der Waals surface area contributed by atoms with Crippen molar-refractivity contribution in [1.29, 1.82) is 0 Å². The molecule has 26 heavy (non-hydrogen) atoms. The summed E-state index contributed by atoms with van der Waals surface area (Å²) in [5, 5.41) is 9.98. The topological polar surface area (TPSA) is 57.4 Å².